The summed E-state index contributed by atoms with van der Waals surface area (Å²) in [6, 6.07) is 8.30. The van der Waals surface area contributed by atoms with Gasteiger partial charge in [-0.25, -0.2) is 4.79 Å². The van der Waals surface area contributed by atoms with Crippen molar-refractivity contribution in [3.63, 3.8) is 0 Å². The molecule has 2 aromatic rings. The van der Waals surface area contributed by atoms with E-state index in [1.165, 1.54) is 31.4 Å². The number of hydrogen-bond donors (Lipinski definition) is 4. The molecule has 3 heterocycles. The van der Waals surface area contributed by atoms with Crippen molar-refractivity contribution in [2.75, 3.05) is 43.2 Å². The van der Waals surface area contributed by atoms with Crippen LogP contribution in [0, 0.1) is 0 Å². The lowest BCUT2D eigenvalue weighted by Gasteiger charge is -2.30. The predicted octanol–water partition coefficient (Wildman–Crippen LogP) is 5.24. The highest BCUT2D eigenvalue weighted by Crippen LogP contribution is 2.51. The number of rotatable bonds is 25. The number of amides is 2. The van der Waals surface area contributed by atoms with Gasteiger partial charge >= 0.3 is 5.97 Å². The van der Waals surface area contributed by atoms with E-state index in [0.29, 0.717) is 84.2 Å². The normalized spacial score (nSPS) is 20.7. The molecule has 0 aromatic heterocycles. The van der Waals surface area contributed by atoms with Gasteiger partial charge in [-0.2, -0.15) is 38.2 Å². The van der Waals surface area contributed by atoms with E-state index in [0.717, 1.165) is 0 Å². The Morgan fingerprint density at radius 2 is 1.28 bits per heavy atom. The molecule has 3 aliphatic rings. The minimum atomic E-state index is -4.66. The number of carbonyl (C=O) groups is 3. The molecule has 2 aromatic carbocycles. The molecular formula is C44H58N3O17S4+. The van der Waals surface area contributed by atoms with E-state index in [4.69, 9.17) is 9.57 Å². The van der Waals surface area contributed by atoms with Crippen molar-refractivity contribution in [2.45, 2.75) is 112 Å². The zero-order valence-electron chi connectivity index (χ0n) is 37.9. The third kappa shape index (κ3) is 13.6. The fourth-order valence-electron chi connectivity index (χ4n) is 9.02. The lowest BCUT2D eigenvalue weighted by atomic mass is 9.76. The highest BCUT2D eigenvalue weighted by molar-refractivity contribution is 7.86. The third-order valence-electron chi connectivity index (χ3n) is 12.4. The smallest absolute Gasteiger partial charge is 0.333 e. The van der Waals surface area contributed by atoms with Gasteiger partial charge in [-0.1, -0.05) is 31.1 Å². The van der Waals surface area contributed by atoms with Gasteiger partial charge < -0.3 is 14.5 Å². The average molecular weight is 1030 g/mol. The number of carbonyl (C=O) groups excluding carboxylic acids is 3. The number of methoxy groups -OCH3 is 1. The van der Waals surface area contributed by atoms with E-state index in [-0.39, 0.29) is 61.3 Å². The average Bonchev–Trinajstić information content (AvgIpc) is 3.76. The van der Waals surface area contributed by atoms with Gasteiger partial charge in [-0.15, -0.1) is 5.06 Å². The summed E-state index contributed by atoms with van der Waals surface area (Å²) in [5.41, 5.74) is 1.36. The standard InChI is InChI=1S/C44H57N3O17S4/c1-43(23-12-28-65(51,52)53)34-30-32(67(57,58)59)17-19-36(34)45(25-11-6-4-5-10-16-42(50)64-47-40(48)21-22-41(47)49)38(43)14-8-7-9-15-39-44(2,24-13-29-66(54,55)56)35-31-33(68(60,61)62)18-20-37(35)46(39)26-27-63-3/h7-9,14-15,17-20,30-31H,4-6,10-13,16,21-29H2,1-3H3,(H3-,51,52,53,54,55,56,57,58,59,60,61,62)/p+1. The molecule has 5 rings (SSSR count). The molecule has 1 fully saturated rings. The molecule has 20 nitrogen and oxygen atoms in total. The summed E-state index contributed by atoms with van der Waals surface area (Å²) < 4.78 is 143. The summed E-state index contributed by atoms with van der Waals surface area (Å²) in [4.78, 5) is 41.9. The first-order chi connectivity index (χ1) is 31.7. The molecule has 0 bridgehead atoms. The van der Waals surface area contributed by atoms with Gasteiger partial charge in [0, 0.05) is 73.8 Å². The number of imide groups is 1. The molecule has 0 spiro atoms. The largest absolute Gasteiger partial charge is 0.383 e. The first kappa shape index (κ1) is 54.3. The number of nitrogens with zero attached hydrogens (tertiary/aromatic N) is 3. The maximum absolute atomic E-state index is 12.4. The highest BCUT2D eigenvalue weighted by Gasteiger charge is 2.48. The van der Waals surface area contributed by atoms with E-state index in [1.807, 2.05) is 9.48 Å². The number of hydrogen-bond acceptors (Lipinski definition) is 14. The molecule has 2 atom stereocenters. The molecule has 4 N–H and O–H groups in total. The number of allylic oxidation sites excluding steroid dienone is 6. The Balaban J connectivity index is 1.47. The Morgan fingerprint density at radius 3 is 1.87 bits per heavy atom. The van der Waals surface area contributed by atoms with Crippen molar-refractivity contribution in [2.24, 2.45) is 0 Å². The topological polar surface area (TPSA) is 297 Å². The molecule has 374 valence electrons. The Morgan fingerprint density at radius 1 is 0.721 bits per heavy atom. The van der Waals surface area contributed by atoms with Crippen molar-refractivity contribution >= 4 is 75.3 Å². The molecule has 24 heteroatoms. The molecule has 2 amide bonds. The van der Waals surface area contributed by atoms with Gasteiger partial charge in [0.15, 0.2) is 5.71 Å². The quantitative estimate of drug-likeness (QED) is 0.0325. The van der Waals surface area contributed by atoms with Gasteiger partial charge in [-0.05, 0) is 94.3 Å². The number of hydroxylamine groups is 2. The predicted molar refractivity (Wildman–Crippen MR) is 249 cm³/mol. The first-order valence-corrected chi connectivity index (χ1v) is 28.0. The van der Waals surface area contributed by atoms with Crippen LogP contribution in [0.5, 0.6) is 0 Å². The second kappa shape index (κ2) is 22.0. The van der Waals surface area contributed by atoms with Crippen LogP contribution in [-0.4, -0.2) is 123 Å². The van der Waals surface area contributed by atoms with Crippen molar-refractivity contribution in [1.29, 1.82) is 0 Å². The number of benzene rings is 2. The van der Waals surface area contributed by atoms with Crippen LogP contribution in [0.3, 0.4) is 0 Å². The lowest BCUT2D eigenvalue weighted by Crippen LogP contribution is -2.32. The van der Waals surface area contributed by atoms with E-state index in [1.54, 1.807) is 56.4 Å². The molecule has 1 saturated heterocycles. The first-order valence-electron chi connectivity index (χ1n) is 21.9. The Labute approximate surface area is 397 Å². The molecular weight excluding hydrogens is 971 g/mol. The monoisotopic (exact) mass is 1030 g/mol. The number of ether oxygens (including phenoxy) is 1. The Hall–Kier alpha value is -4.66. The summed E-state index contributed by atoms with van der Waals surface area (Å²) in [5, 5.41) is 0.510. The molecule has 68 heavy (non-hydrogen) atoms. The number of fused-ring (bicyclic) bond motifs is 2. The molecule has 3 aliphatic heterocycles. The number of unbranched alkanes of at least 4 members (excludes halogenated alkanes) is 4. The summed E-state index contributed by atoms with van der Waals surface area (Å²) in [6.45, 7) is 4.54. The van der Waals surface area contributed by atoms with Gasteiger partial charge in [0.2, 0.25) is 5.69 Å². The minimum Gasteiger partial charge on any atom is -0.383 e. The van der Waals surface area contributed by atoms with Crippen LogP contribution in [0.25, 0.3) is 0 Å². The van der Waals surface area contributed by atoms with E-state index < -0.39 is 80.6 Å². The van der Waals surface area contributed by atoms with Crippen molar-refractivity contribution < 1.29 is 80.4 Å². The summed E-state index contributed by atoms with van der Waals surface area (Å²) >= 11 is 0. The number of anilines is 1. The summed E-state index contributed by atoms with van der Waals surface area (Å²) in [5.74, 6) is -2.95. The van der Waals surface area contributed by atoms with Crippen LogP contribution in [0.2, 0.25) is 0 Å². The van der Waals surface area contributed by atoms with Crippen molar-refractivity contribution in [3.8, 4) is 0 Å². The van der Waals surface area contributed by atoms with E-state index in [9.17, 15) is 66.3 Å². The highest BCUT2D eigenvalue weighted by atomic mass is 32.2. The summed E-state index contributed by atoms with van der Waals surface area (Å²) in [7, 11) is -16.5. The van der Waals surface area contributed by atoms with Crippen molar-refractivity contribution in [1.82, 2.24) is 5.06 Å². The second-order valence-corrected chi connectivity index (χ2v) is 23.3. The maximum Gasteiger partial charge on any atom is 0.333 e. The van der Waals surface area contributed by atoms with Crippen LogP contribution in [0.4, 0.5) is 11.4 Å². The van der Waals surface area contributed by atoms with Gasteiger partial charge in [0.25, 0.3) is 52.3 Å². The zero-order chi connectivity index (χ0) is 50.3. The molecule has 0 aliphatic carbocycles. The fraction of sp³-hybridized carbons (Fsp3) is 0.500. The maximum atomic E-state index is 12.4. The van der Waals surface area contributed by atoms with Crippen LogP contribution in [0.15, 0.2) is 82.3 Å². The molecule has 0 radical (unpaired) electrons. The molecule has 0 saturated carbocycles. The SMILES string of the molecule is COCCN1C(=CC=CC=CC2=[N+](CCCCCCCC(=O)ON3C(=O)CCC3=O)c3ccc(S(=O)(=O)O)cc3C2(C)CCCS(=O)(=O)O)C(C)(CCCS(=O)(=O)O)c2cc(S(=O)(=O)O)ccc21. The van der Waals surface area contributed by atoms with Crippen LogP contribution >= 0.6 is 0 Å². The third-order valence-corrected chi connectivity index (χ3v) is 15.7. The fourth-order valence-corrected chi connectivity index (χ4v) is 11.1. The van der Waals surface area contributed by atoms with E-state index >= 15 is 0 Å². The Bertz CT molecular complexity index is 2840. The van der Waals surface area contributed by atoms with Crippen LogP contribution in [0.1, 0.15) is 102 Å². The molecule has 2 unspecified atom stereocenters. The minimum absolute atomic E-state index is 0.00185. The summed E-state index contributed by atoms with van der Waals surface area (Å²) in [6.07, 6.45) is 12.0. The van der Waals surface area contributed by atoms with Crippen LogP contribution in [-0.2, 0) is 75.3 Å². The van der Waals surface area contributed by atoms with Gasteiger partial charge in [-0.3, -0.25) is 27.8 Å². The van der Waals surface area contributed by atoms with Crippen LogP contribution < -0.4 is 4.90 Å². The zero-order valence-corrected chi connectivity index (χ0v) is 41.2. The second-order valence-electron chi connectivity index (χ2n) is 17.3. The van der Waals surface area contributed by atoms with E-state index in [2.05, 4.69) is 0 Å². The van der Waals surface area contributed by atoms with Crippen molar-refractivity contribution in [3.05, 3.63) is 83.6 Å². The van der Waals surface area contributed by atoms with Gasteiger partial charge in [0.05, 0.1) is 33.3 Å². The lowest BCUT2D eigenvalue weighted by molar-refractivity contribution is -0.438. The van der Waals surface area contributed by atoms with Gasteiger partial charge in [0.1, 0.15) is 6.54 Å². The Kier molecular flexibility index (Phi) is 17.5.